The van der Waals surface area contributed by atoms with Gasteiger partial charge in [0.1, 0.15) is 0 Å². The molecule has 1 heterocycles. The maximum Gasteiger partial charge on any atom is 0.0745 e. The predicted octanol–water partition coefficient (Wildman–Crippen LogP) is 2.74. The molecule has 21 heavy (non-hydrogen) atoms. The van der Waals surface area contributed by atoms with Gasteiger partial charge in [-0.3, -0.25) is 4.98 Å². The number of para-hydroxylation sites is 1. The minimum Gasteiger partial charge on any atom is -0.396 e. The third kappa shape index (κ3) is 2.33. The van der Waals surface area contributed by atoms with E-state index >= 15 is 0 Å². The van der Waals surface area contributed by atoms with Gasteiger partial charge in [0, 0.05) is 24.5 Å². The Bertz CT molecular complexity index is 646. The molecule has 0 saturated heterocycles. The molecule has 1 fully saturated rings. The Labute approximate surface area is 126 Å². The number of benzene rings is 1. The normalized spacial score (nSPS) is 17.0. The highest BCUT2D eigenvalue weighted by Gasteiger charge is 2.40. The molecule has 1 aromatic heterocycles. The average molecular weight is 284 g/mol. The predicted molar refractivity (Wildman–Crippen MR) is 89.7 cm³/mol. The van der Waals surface area contributed by atoms with E-state index in [1.807, 2.05) is 18.2 Å². The first-order valence-corrected chi connectivity index (χ1v) is 7.55. The molecule has 0 amide bonds. The number of aromatic nitrogens is 1. The van der Waals surface area contributed by atoms with Gasteiger partial charge in [0.05, 0.1) is 23.1 Å². The summed E-state index contributed by atoms with van der Waals surface area (Å²) < 4.78 is 0. The molecule has 4 heteroatoms. The number of hydrogen-bond acceptors (Lipinski definition) is 4. The molecule has 0 bridgehead atoms. The molecule has 0 radical (unpaired) electrons. The minimum absolute atomic E-state index is 0.283. The molecule has 2 N–H and O–H groups in total. The lowest BCUT2D eigenvalue weighted by Gasteiger charge is -2.49. The first kappa shape index (κ1) is 14.1. The summed E-state index contributed by atoms with van der Waals surface area (Å²) in [6.07, 6.45) is 5.61. The van der Waals surface area contributed by atoms with Crippen molar-refractivity contribution in [2.45, 2.75) is 24.8 Å². The molecule has 1 aliphatic carbocycles. The first-order chi connectivity index (χ1) is 10.0. The summed E-state index contributed by atoms with van der Waals surface area (Å²) in [6, 6.07) is 8.21. The molecule has 0 atom stereocenters. The van der Waals surface area contributed by atoms with Crippen LogP contribution in [-0.2, 0) is 0 Å². The second-order valence-electron chi connectivity index (χ2n) is 6.41. The number of pyridine rings is 1. The van der Waals surface area contributed by atoms with Gasteiger partial charge in [-0.2, -0.15) is 0 Å². The molecular formula is C17H24N4. The molecule has 1 saturated carbocycles. The van der Waals surface area contributed by atoms with E-state index < -0.39 is 0 Å². The summed E-state index contributed by atoms with van der Waals surface area (Å²) >= 11 is 0. The molecule has 2 aromatic rings. The fourth-order valence-corrected chi connectivity index (χ4v) is 3.42. The van der Waals surface area contributed by atoms with Crippen molar-refractivity contribution in [3.8, 4) is 0 Å². The van der Waals surface area contributed by atoms with Gasteiger partial charge < -0.3 is 15.5 Å². The van der Waals surface area contributed by atoms with Crippen molar-refractivity contribution >= 4 is 22.3 Å². The molecule has 1 aliphatic rings. The lowest BCUT2D eigenvalue weighted by Crippen LogP contribution is -2.56. The van der Waals surface area contributed by atoms with Crippen molar-refractivity contribution < 1.29 is 0 Å². The topological polar surface area (TPSA) is 45.4 Å². The van der Waals surface area contributed by atoms with Gasteiger partial charge in [0.2, 0.25) is 0 Å². The van der Waals surface area contributed by atoms with Crippen LogP contribution in [0.25, 0.3) is 10.9 Å². The van der Waals surface area contributed by atoms with Crippen LogP contribution in [0, 0.1) is 0 Å². The minimum atomic E-state index is 0.283. The lowest BCUT2D eigenvalue weighted by atomic mass is 9.75. The smallest absolute Gasteiger partial charge is 0.0745 e. The number of likely N-dealkylation sites (N-methyl/N-ethyl adjacent to an activating group) is 2. The molecule has 3 rings (SSSR count). The molecule has 0 aliphatic heterocycles. The van der Waals surface area contributed by atoms with Crippen molar-refractivity contribution in [1.29, 1.82) is 0 Å². The number of nitrogen functional groups attached to an aromatic ring is 1. The molecule has 1 aromatic carbocycles. The van der Waals surface area contributed by atoms with E-state index in [1.165, 1.54) is 19.3 Å². The van der Waals surface area contributed by atoms with E-state index in [-0.39, 0.29) is 5.54 Å². The maximum absolute atomic E-state index is 6.22. The summed E-state index contributed by atoms with van der Waals surface area (Å²) in [4.78, 5) is 9.10. The second-order valence-corrected chi connectivity index (χ2v) is 6.41. The fraction of sp³-hybridized carbons (Fsp3) is 0.471. The van der Waals surface area contributed by atoms with Crippen LogP contribution in [-0.4, -0.2) is 43.1 Å². The third-order valence-corrected chi connectivity index (χ3v) is 4.92. The van der Waals surface area contributed by atoms with Crippen molar-refractivity contribution in [3.63, 3.8) is 0 Å². The van der Waals surface area contributed by atoms with Gasteiger partial charge in [-0.1, -0.05) is 18.2 Å². The van der Waals surface area contributed by atoms with E-state index in [2.05, 4.69) is 42.0 Å². The quantitative estimate of drug-likeness (QED) is 0.937. The van der Waals surface area contributed by atoms with Crippen LogP contribution < -0.4 is 10.6 Å². The maximum atomic E-state index is 6.22. The SMILES string of the molecule is CN(CC1(N(C)C)CCC1)c1c(N)cnc2ccccc12. The lowest BCUT2D eigenvalue weighted by molar-refractivity contribution is 0.0684. The van der Waals surface area contributed by atoms with E-state index in [4.69, 9.17) is 5.73 Å². The van der Waals surface area contributed by atoms with Gasteiger partial charge in [-0.25, -0.2) is 0 Å². The average Bonchev–Trinajstić information content (AvgIpc) is 2.42. The summed E-state index contributed by atoms with van der Waals surface area (Å²) in [5.41, 5.74) is 9.37. The molecule has 0 unspecified atom stereocenters. The van der Waals surface area contributed by atoms with E-state index in [0.717, 1.165) is 28.8 Å². The summed E-state index contributed by atoms with van der Waals surface area (Å²) in [7, 11) is 6.50. The van der Waals surface area contributed by atoms with Gasteiger partial charge in [-0.15, -0.1) is 0 Å². The summed E-state index contributed by atoms with van der Waals surface area (Å²) in [6.45, 7) is 0.998. The zero-order valence-corrected chi connectivity index (χ0v) is 13.1. The Hall–Kier alpha value is -1.81. The molecule has 0 spiro atoms. The van der Waals surface area contributed by atoms with Crippen molar-refractivity contribution in [1.82, 2.24) is 9.88 Å². The zero-order chi connectivity index (χ0) is 15.0. The van der Waals surface area contributed by atoms with Crippen LogP contribution in [0.3, 0.4) is 0 Å². The third-order valence-electron chi connectivity index (χ3n) is 4.92. The monoisotopic (exact) mass is 284 g/mol. The van der Waals surface area contributed by atoms with E-state index in [0.29, 0.717) is 0 Å². The van der Waals surface area contributed by atoms with Crippen LogP contribution in [0.1, 0.15) is 19.3 Å². The van der Waals surface area contributed by atoms with Gasteiger partial charge >= 0.3 is 0 Å². The Morgan fingerprint density at radius 3 is 2.52 bits per heavy atom. The number of hydrogen-bond donors (Lipinski definition) is 1. The van der Waals surface area contributed by atoms with Crippen LogP contribution in [0.2, 0.25) is 0 Å². The van der Waals surface area contributed by atoms with E-state index in [1.54, 1.807) is 6.20 Å². The van der Waals surface area contributed by atoms with Crippen LogP contribution in [0.4, 0.5) is 11.4 Å². The largest absolute Gasteiger partial charge is 0.396 e. The van der Waals surface area contributed by atoms with Crippen molar-refractivity contribution in [2.75, 3.05) is 38.3 Å². The number of fused-ring (bicyclic) bond motifs is 1. The van der Waals surface area contributed by atoms with Crippen LogP contribution in [0.5, 0.6) is 0 Å². The fourth-order valence-electron chi connectivity index (χ4n) is 3.42. The van der Waals surface area contributed by atoms with Gasteiger partial charge in [0.25, 0.3) is 0 Å². The Kier molecular flexibility index (Phi) is 3.49. The van der Waals surface area contributed by atoms with Gasteiger partial charge in [-0.05, 0) is 39.4 Å². The first-order valence-electron chi connectivity index (χ1n) is 7.55. The second kappa shape index (κ2) is 5.19. The molecule has 112 valence electrons. The van der Waals surface area contributed by atoms with Crippen LogP contribution in [0.15, 0.2) is 30.5 Å². The summed E-state index contributed by atoms with van der Waals surface area (Å²) in [5.74, 6) is 0. The highest BCUT2D eigenvalue weighted by Crippen LogP contribution is 2.39. The Balaban J connectivity index is 1.98. The number of anilines is 2. The van der Waals surface area contributed by atoms with Crippen LogP contribution >= 0.6 is 0 Å². The van der Waals surface area contributed by atoms with Crippen molar-refractivity contribution in [3.05, 3.63) is 30.5 Å². The molecule has 4 nitrogen and oxygen atoms in total. The molecular weight excluding hydrogens is 260 g/mol. The number of nitrogens with zero attached hydrogens (tertiary/aromatic N) is 3. The highest BCUT2D eigenvalue weighted by atomic mass is 15.2. The van der Waals surface area contributed by atoms with Gasteiger partial charge in [0.15, 0.2) is 0 Å². The van der Waals surface area contributed by atoms with E-state index in [9.17, 15) is 0 Å². The Morgan fingerprint density at radius 1 is 1.19 bits per heavy atom. The van der Waals surface area contributed by atoms with Crippen molar-refractivity contribution in [2.24, 2.45) is 0 Å². The number of rotatable bonds is 4. The zero-order valence-electron chi connectivity index (χ0n) is 13.1. The highest BCUT2D eigenvalue weighted by molar-refractivity contribution is 5.97. The summed E-state index contributed by atoms with van der Waals surface area (Å²) in [5, 5.41) is 1.13. The number of nitrogens with two attached hydrogens (primary N) is 1. The standard InChI is InChI=1S/C17H24N4/c1-20(2)17(9-6-10-17)12-21(3)16-13-7-4-5-8-15(13)19-11-14(16)18/h4-5,7-8,11H,6,9-10,12,18H2,1-3H3. The Morgan fingerprint density at radius 2 is 1.90 bits per heavy atom.